The molecule has 1 aliphatic rings. The zero-order valence-corrected chi connectivity index (χ0v) is 9.70. The minimum atomic E-state index is -0.162. The Bertz CT molecular complexity index is 580. The van der Waals surface area contributed by atoms with E-state index in [1.54, 1.807) is 0 Å². The van der Waals surface area contributed by atoms with Gasteiger partial charge in [-0.05, 0) is 30.0 Å². The highest BCUT2D eigenvalue weighted by atomic mass is 16.1. The van der Waals surface area contributed by atoms with Gasteiger partial charge in [-0.2, -0.15) is 0 Å². The number of aromatic nitrogens is 2. The van der Waals surface area contributed by atoms with Crippen molar-refractivity contribution in [3.8, 4) is 0 Å². The number of H-pyrrole nitrogens is 2. The first-order valence-corrected chi connectivity index (χ1v) is 6.20. The number of hydrogen-bond donors (Lipinski definition) is 3. The van der Waals surface area contributed by atoms with Gasteiger partial charge < -0.3 is 15.7 Å². The normalized spacial score (nSPS) is 18.2. The van der Waals surface area contributed by atoms with Gasteiger partial charge in [0.05, 0.1) is 11.0 Å². The van der Waals surface area contributed by atoms with Crippen molar-refractivity contribution < 1.29 is 0 Å². The van der Waals surface area contributed by atoms with Gasteiger partial charge in [-0.15, -0.1) is 0 Å². The number of nitrogens with one attached hydrogen (secondary N) is 2. The summed E-state index contributed by atoms with van der Waals surface area (Å²) in [5.74, 6) is 0.797. The van der Waals surface area contributed by atoms with Crippen molar-refractivity contribution in [2.75, 3.05) is 0 Å². The summed E-state index contributed by atoms with van der Waals surface area (Å²) in [6.07, 6.45) is 5.04. The molecular weight excluding hydrogens is 214 g/mol. The van der Waals surface area contributed by atoms with Gasteiger partial charge in [0.25, 0.3) is 0 Å². The van der Waals surface area contributed by atoms with Crippen LogP contribution in [0.2, 0.25) is 0 Å². The summed E-state index contributed by atoms with van der Waals surface area (Å²) in [4.78, 5) is 16.7. The quantitative estimate of drug-likeness (QED) is 0.756. The standard InChI is InChI=1S/C13H17N3O/c14-10(6-8-2-1-3-8)9-4-5-11-12(7-9)16-13(17)15-11/h4-5,7-8,10H,1-3,6,14H2,(H2,15,16,17). The number of fused-ring (bicyclic) bond motifs is 1. The van der Waals surface area contributed by atoms with Crippen molar-refractivity contribution in [2.45, 2.75) is 31.7 Å². The van der Waals surface area contributed by atoms with Crippen LogP contribution in [-0.2, 0) is 0 Å². The second-order valence-electron chi connectivity index (χ2n) is 5.02. The molecule has 90 valence electrons. The van der Waals surface area contributed by atoms with Crippen molar-refractivity contribution in [3.05, 3.63) is 34.2 Å². The van der Waals surface area contributed by atoms with Gasteiger partial charge >= 0.3 is 5.69 Å². The molecular formula is C13H17N3O. The lowest BCUT2D eigenvalue weighted by Crippen LogP contribution is -2.20. The molecule has 0 amide bonds. The van der Waals surface area contributed by atoms with Crippen molar-refractivity contribution in [3.63, 3.8) is 0 Å². The van der Waals surface area contributed by atoms with Crippen LogP contribution in [0.4, 0.5) is 0 Å². The predicted molar refractivity (Wildman–Crippen MR) is 67.8 cm³/mol. The Morgan fingerprint density at radius 3 is 2.76 bits per heavy atom. The van der Waals surface area contributed by atoms with Crippen LogP contribution in [-0.4, -0.2) is 9.97 Å². The van der Waals surface area contributed by atoms with E-state index in [2.05, 4.69) is 9.97 Å². The van der Waals surface area contributed by atoms with Gasteiger partial charge in [-0.3, -0.25) is 0 Å². The van der Waals surface area contributed by atoms with Crippen LogP contribution in [0.1, 0.15) is 37.3 Å². The monoisotopic (exact) mass is 231 g/mol. The molecule has 2 aromatic rings. The van der Waals surface area contributed by atoms with E-state index in [1.165, 1.54) is 19.3 Å². The molecule has 0 radical (unpaired) electrons. The topological polar surface area (TPSA) is 74.7 Å². The Morgan fingerprint density at radius 1 is 1.29 bits per heavy atom. The maximum atomic E-state index is 11.2. The highest BCUT2D eigenvalue weighted by Crippen LogP contribution is 2.34. The lowest BCUT2D eigenvalue weighted by molar-refractivity contribution is 0.277. The molecule has 1 fully saturated rings. The number of hydrogen-bond acceptors (Lipinski definition) is 2. The van der Waals surface area contributed by atoms with Crippen molar-refractivity contribution in [1.29, 1.82) is 0 Å². The number of nitrogens with two attached hydrogens (primary N) is 1. The first-order valence-electron chi connectivity index (χ1n) is 6.20. The Kier molecular flexibility index (Phi) is 2.52. The number of imidazole rings is 1. The molecule has 4 heteroatoms. The van der Waals surface area contributed by atoms with Crippen LogP contribution in [0.5, 0.6) is 0 Å². The fourth-order valence-electron chi connectivity index (χ4n) is 2.50. The number of aromatic amines is 2. The summed E-state index contributed by atoms with van der Waals surface area (Å²) in [5, 5.41) is 0. The third-order valence-electron chi connectivity index (χ3n) is 3.78. The molecule has 17 heavy (non-hydrogen) atoms. The van der Waals surface area contributed by atoms with Gasteiger partial charge in [0.15, 0.2) is 0 Å². The highest BCUT2D eigenvalue weighted by Gasteiger charge is 2.21. The van der Waals surface area contributed by atoms with Crippen LogP contribution in [0.3, 0.4) is 0 Å². The second-order valence-corrected chi connectivity index (χ2v) is 5.02. The van der Waals surface area contributed by atoms with Crippen LogP contribution < -0.4 is 11.4 Å². The largest absolute Gasteiger partial charge is 0.324 e. The van der Waals surface area contributed by atoms with E-state index in [0.29, 0.717) is 0 Å². The van der Waals surface area contributed by atoms with Crippen molar-refractivity contribution >= 4 is 11.0 Å². The summed E-state index contributed by atoms with van der Waals surface area (Å²) in [5.41, 5.74) is 8.84. The maximum Gasteiger partial charge on any atom is 0.323 e. The van der Waals surface area contributed by atoms with E-state index in [-0.39, 0.29) is 11.7 Å². The summed E-state index contributed by atoms with van der Waals surface area (Å²) < 4.78 is 0. The zero-order valence-electron chi connectivity index (χ0n) is 9.70. The maximum absolute atomic E-state index is 11.2. The summed E-state index contributed by atoms with van der Waals surface area (Å²) in [6.45, 7) is 0. The average molecular weight is 231 g/mol. The fourth-order valence-corrected chi connectivity index (χ4v) is 2.50. The van der Waals surface area contributed by atoms with Crippen molar-refractivity contribution in [2.24, 2.45) is 11.7 Å². The highest BCUT2D eigenvalue weighted by molar-refractivity contribution is 5.75. The molecule has 1 heterocycles. The fraction of sp³-hybridized carbons (Fsp3) is 0.462. The lowest BCUT2D eigenvalue weighted by Gasteiger charge is -2.28. The molecule has 3 rings (SSSR count). The Morgan fingerprint density at radius 2 is 2.06 bits per heavy atom. The molecule has 0 spiro atoms. The third kappa shape index (κ3) is 2.00. The predicted octanol–water partition coefficient (Wildman–Crippen LogP) is 2.05. The molecule has 4 nitrogen and oxygen atoms in total. The van der Waals surface area contributed by atoms with E-state index in [0.717, 1.165) is 28.9 Å². The minimum Gasteiger partial charge on any atom is -0.324 e. The molecule has 4 N–H and O–H groups in total. The first-order chi connectivity index (χ1) is 8.22. The number of rotatable bonds is 3. The molecule has 1 saturated carbocycles. The van der Waals surface area contributed by atoms with Crippen LogP contribution in [0.15, 0.2) is 23.0 Å². The van der Waals surface area contributed by atoms with Gasteiger partial charge in [-0.1, -0.05) is 25.3 Å². The average Bonchev–Trinajstić information content (AvgIpc) is 2.62. The molecule has 1 aromatic heterocycles. The molecule has 0 bridgehead atoms. The van der Waals surface area contributed by atoms with Gasteiger partial charge in [-0.25, -0.2) is 4.79 Å². The third-order valence-corrected chi connectivity index (χ3v) is 3.78. The zero-order chi connectivity index (χ0) is 11.8. The summed E-state index contributed by atoms with van der Waals surface area (Å²) >= 11 is 0. The van der Waals surface area contributed by atoms with E-state index in [1.807, 2.05) is 18.2 Å². The van der Waals surface area contributed by atoms with Crippen LogP contribution >= 0.6 is 0 Å². The first kappa shape index (κ1) is 10.6. The van der Waals surface area contributed by atoms with E-state index in [4.69, 9.17) is 5.73 Å². The summed E-state index contributed by atoms with van der Waals surface area (Å²) in [6, 6.07) is 6.00. The Balaban J connectivity index is 1.85. The van der Waals surface area contributed by atoms with E-state index in [9.17, 15) is 4.79 Å². The molecule has 1 atom stereocenters. The molecule has 1 unspecified atom stereocenters. The van der Waals surface area contributed by atoms with E-state index >= 15 is 0 Å². The lowest BCUT2D eigenvalue weighted by atomic mass is 9.80. The van der Waals surface area contributed by atoms with Gasteiger partial charge in [0.1, 0.15) is 0 Å². The Hall–Kier alpha value is -1.55. The molecule has 1 aliphatic carbocycles. The molecule has 0 aliphatic heterocycles. The smallest absolute Gasteiger partial charge is 0.323 e. The van der Waals surface area contributed by atoms with Crippen LogP contribution in [0, 0.1) is 5.92 Å². The van der Waals surface area contributed by atoms with Crippen molar-refractivity contribution in [1.82, 2.24) is 9.97 Å². The van der Waals surface area contributed by atoms with E-state index < -0.39 is 0 Å². The number of benzene rings is 1. The summed E-state index contributed by atoms with van der Waals surface area (Å²) in [7, 11) is 0. The van der Waals surface area contributed by atoms with Gasteiger partial charge in [0.2, 0.25) is 0 Å². The minimum absolute atomic E-state index is 0.0862. The van der Waals surface area contributed by atoms with Crippen LogP contribution in [0.25, 0.3) is 11.0 Å². The molecule has 0 saturated heterocycles. The second kappa shape index (κ2) is 4.04. The van der Waals surface area contributed by atoms with Gasteiger partial charge in [0, 0.05) is 6.04 Å². The SMILES string of the molecule is NC(CC1CCC1)c1ccc2[nH]c(=O)[nH]c2c1. The molecule has 1 aromatic carbocycles. The Labute approximate surface area is 99.2 Å².